The van der Waals surface area contributed by atoms with E-state index >= 15 is 0 Å². The van der Waals surface area contributed by atoms with Crippen LogP contribution in [0.3, 0.4) is 0 Å². The van der Waals surface area contributed by atoms with Crippen molar-refractivity contribution in [1.82, 2.24) is 0 Å². The zero-order valence-corrected chi connectivity index (χ0v) is 12.8. The molecule has 4 heteroatoms. The summed E-state index contributed by atoms with van der Waals surface area (Å²) in [5.41, 5.74) is 1.93. The van der Waals surface area contributed by atoms with Gasteiger partial charge in [-0.2, -0.15) is 0 Å². The lowest BCUT2D eigenvalue weighted by Gasteiger charge is -2.13. The van der Waals surface area contributed by atoms with E-state index in [0.717, 1.165) is 26.9 Å². The fourth-order valence-corrected chi connectivity index (χ4v) is 3.35. The summed E-state index contributed by atoms with van der Waals surface area (Å²) in [6.45, 7) is 0. The van der Waals surface area contributed by atoms with Gasteiger partial charge in [-0.3, -0.25) is 0 Å². The number of halogens is 3. The molecule has 2 aromatic carbocycles. The molecule has 0 saturated heterocycles. The maximum absolute atomic E-state index is 6.58. The van der Waals surface area contributed by atoms with Gasteiger partial charge in [-0.25, -0.2) is 0 Å². The molecule has 0 fully saturated rings. The van der Waals surface area contributed by atoms with Gasteiger partial charge in [0.2, 0.25) is 0 Å². The summed E-state index contributed by atoms with van der Waals surface area (Å²) in [5, 5.41) is 2.51. The molecule has 0 bridgehead atoms. The minimum absolute atomic E-state index is 0.282. The summed E-state index contributed by atoms with van der Waals surface area (Å²) < 4.78 is 5.91. The average molecular weight is 356 g/mol. The summed E-state index contributed by atoms with van der Waals surface area (Å²) in [6, 6.07) is 13.7. The lowest BCUT2D eigenvalue weighted by molar-refractivity contribution is 0.537. The smallest absolute Gasteiger partial charge is 0.173 e. The van der Waals surface area contributed by atoms with Crippen molar-refractivity contribution in [3.05, 3.63) is 69.5 Å². The first kappa shape index (κ1) is 13.0. The number of hydrogen-bond donors (Lipinski definition) is 0. The maximum atomic E-state index is 6.58. The highest BCUT2D eigenvalue weighted by atomic mass is 79.9. The molecule has 1 unspecified atom stereocenters. The summed E-state index contributed by atoms with van der Waals surface area (Å²) in [5.74, 6) is 0. The first-order valence-electron chi connectivity index (χ1n) is 5.72. The number of fused-ring (bicyclic) bond motifs is 1. The Morgan fingerprint density at radius 1 is 0.947 bits per heavy atom. The molecular weight excluding hydrogens is 347 g/mol. The summed E-state index contributed by atoms with van der Waals surface area (Å²) in [6.07, 6.45) is 1.62. The molecule has 3 rings (SSSR count). The van der Waals surface area contributed by atoms with Crippen LogP contribution in [0, 0.1) is 0 Å². The zero-order chi connectivity index (χ0) is 13.4. The number of benzene rings is 2. The van der Waals surface area contributed by atoms with Crippen LogP contribution in [0.5, 0.6) is 0 Å². The number of rotatable bonds is 2. The predicted molar refractivity (Wildman–Crippen MR) is 83.1 cm³/mol. The summed E-state index contributed by atoms with van der Waals surface area (Å²) in [4.78, 5) is 0. The molecule has 1 heterocycles. The van der Waals surface area contributed by atoms with E-state index in [1.165, 1.54) is 0 Å². The molecule has 19 heavy (non-hydrogen) atoms. The SMILES string of the molecule is Clc1ccc(C(Cl)c2ccoc2Br)c2ccccc12. The fraction of sp³-hybridized carbons (Fsp3) is 0.0667. The normalized spacial score (nSPS) is 12.8. The van der Waals surface area contributed by atoms with Gasteiger partial charge in [-0.1, -0.05) is 41.9 Å². The Bertz CT molecular complexity index is 736. The molecule has 0 spiro atoms. The van der Waals surface area contributed by atoms with Crippen LogP contribution in [-0.4, -0.2) is 0 Å². The van der Waals surface area contributed by atoms with Crippen LogP contribution in [-0.2, 0) is 0 Å². The lowest BCUT2D eigenvalue weighted by Crippen LogP contribution is -1.94. The van der Waals surface area contributed by atoms with Crippen molar-refractivity contribution in [2.24, 2.45) is 0 Å². The van der Waals surface area contributed by atoms with E-state index in [2.05, 4.69) is 15.9 Å². The monoisotopic (exact) mass is 354 g/mol. The topological polar surface area (TPSA) is 13.1 Å². The van der Waals surface area contributed by atoms with Gasteiger partial charge in [-0.05, 0) is 39.0 Å². The molecule has 96 valence electrons. The fourth-order valence-electron chi connectivity index (χ4n) is 2.16. The van der Waals surface area contributed by atoms with Crippen LogP contribution in [0.25, 0.3) is 10.8 Å². The standard InChI is InChI=1S/C15H9BrCl2O/c16-15-12(7-8-19-15)14(18)11-5-6-13(17)10-4-2-1-3-9(10)11/h1-8,14H. The predicted octanol–water partition coefficient (Wildman–Crippen LogP) is 6.18. The van der Waals surface area contributed by atoms with Gasteiger partial charge in [0, 0.05) is 16.0 Å². The summed E-state index contributed by atoms with van der Waals surface area (Å²) in [7, 11) is 0. The molecule has 0 aliphatic carbocycles. The first-order chi connectivity index (χ1) is 9.18. The Hall–Kier alpha value is -0.960. The highest BCUT2D eigenvalue weighted by Crippen LogP contribution is 2.39. The van der Waals surface area contributed by atoms with Crippen LogP contribution in [0.2, 0.25) is 5.02 Å². The molecule has 0 N–H and O–H groups in total. The van der Waals surface area contributed by atoms with Crippen molar-refractivity contribution in [2.75, 3.05) is 0 Å². The molecular formula is C15H9BrCl2O. The Balaban J connectivity index is 2.21. The largest absolute Gasteiger partial charge is 0.457 e. The van der Waals surface area contributed by atoms with Crippen molar-refractivity contribution in [3.8, 4) is 0 Å². The quantitative estimate of drug-likeness (QED) is 0.500. The Morgan fingerprint density at radius 3 is 2.37 bits per heavy atom. The number of alkyl halides is 1. The molecule has 1 aromatic heterocycles. The van der Waals surface area contributed by atoms with Gasteiger partial charge in [-0.15, -0.1) is 11.6 Å². The van der Waals surface area contributed by atoms with Crippen molar-refractivity contribution < 1.29 is 4.42 Å². The van der Waals surface area contributed by atoms with E-state index in [9.17, 15) is 0 Å². The van der Waals surface area contributed by atoms with E-state index in [0.29, 0.717) is 4.67 Å². The first-order valence-corrected chi connectivity index (χ1v) is 7.33. The van der Waals surface area contributed by atoms with Gasteiger partial charge in [0.1, 0.15) is 0 Å². The third kappa shape index (κ3) is 2.29. The molecule has 0 aliphatic heterocycles. The van der Waals surface area contributed by atoms with Crippen molar-refractivity contribution in [2.45, 2.75) is 5.38 Å². The Kier molecular flexibility index (Phi) is 3.57. The van der Waals surface area contributed by atoms with Crippen molar-refractivity contribution in [3.63, 3.8) is 0 Å². The molecule has 1 atom stereocenters. The van der Waals surface area contributed by atoms with Gasteiger partial charge in [0.25, 0.3) is 0 Å². The highest BCUT2D eigenvalue weighted by molar-refractivity contribution is 9.10. The third-order valence-electron chi connectivity index (χ3n) is 3.10. The molecule has 1 nitrogen and oxygen atoms in total. The van der Waals surface area contributed by atoms with Crippen LogP contribution in [0.4, 0.5) is 0 Å². The molecule has 3 aromatic rings. The minimum atomic E-state index is -0.282. The number of furan rings is 1. The minimum Gasteiger partial charge on any atom is -0.457 e. The van der Waals surface area contributed by atoms with Crippen LogP contribution >= 0.6 is 39.1 Å². The van der Waals surface area contributed by atoms with Gasteiger partial charge in [0.15, 0.2) is 4.67 Å². The maximum Gasteiger partial charge on any atom is 0.173 e. The molecule has 0 saturated carbocycles. The lowest BCUT2D eigenvalue weighted by atomic mass is 9.99. The van der Waals surface area contributed by atoms with Crippen LogP contribution < -0.4 is 0 Å². The number of hydrogen-bond acceptors (Lipinski definition) is 1. The Morgan fingerprint density at radius 2 is 1.68 bits per heavy atom. The molecule has 0 aliphatic rings. The van der Waals surface area contributed by atoms with E-state index in [4.69, 9.17) is 27.6 Å². The molecule has 0 radical (unpaired) electrons. The van der Waals surface area contributed by atoms with E-state index in [1.807, 2.05) is 42.5 Å². The highest BCUT2D eigenvalue weighted by Gasteiger charge is 2.18. The van der Waals surface area contributed by atoms with Gasteiger partial charge >= 0.3 is 0 Å². The van der Waals surface area contributed by atoms with E-state index in [-0.39, 0.29) is 5.38 Å². The van der Waals surface area contributed by atoms with Crippen LogP contribution in [0.1, 0.15) is 16.5 Å². The third-order valence-corrected chi connectivity index (χ3v) is 4.54. The molecule has 0 amide bonds. The van der Waals surface area contributed by atoms with Gasteiger partial charge in [0.05, 0.1) is 11.6 Å². The second-order valence-electron chi connectivity index (χ2n) is 4.19. The van der Waals surface area contributed by atoms with Crippen LogP contribution in [0.15, 0.2) is 57.8 Å². The second kappa shape index (κ2) is 5.20. The average Bonchev–Trinajstić information content (AvgIpc) is 2.85. The Labute approximate surface area is 129 Å². The van der Waals surface area contributed by atoms with Crippen molar-refractivity contribution in [1.29, 1.82) is 0 Å². The zero-order valence-electron chi connectivity index (χ0n) is 9.74. The van der Waals surface area contributed by atoms with E-state index < -0.39 is 0 Å². The van der Waals surface area contributed by atoms with Gasteiger partial charge < -0.3 is 4.42 Å². The van der Waals surface area contributed by atoms with Crippen molar-refractivity contribution >= 4 is 49.9 Å². The second-order valence-corrected chi connectivity index (χ2v) is 5.76. The summed E-state index contributed by atoms with van der Waals surface area (Å²) >= 11 is 16.2. The van der Waals surface area contributed by atoms with E-state index in [1.54, 1.807) is 6.26 Å².